The molecule has 0 aromatic carbocycles. The zero-order chi connectivity index (χ0) is 10.1. The van der Waals surface area contributed by atoms with Crippen LogP contribution >= 0.6 is 11.8 Å². The summed E-state index contributed by atoms with van der Waals surface area (Å²) < 4.78 is 4.99. The molecule has 1 N–H and O–H groups in total. The van der Waals surface area contributed by atoms with E-state index in [0.29, 0.717) is 0 Å². The monoisotopic (exact) mass is 218 g/mol. The van der Waals surface area contributed by atoms with Crippen molar-refractivity contribution in [1.82, 2.24) is 10.2 Å². The zero-order valence-electron chi connectivity index (χ0n) is 9.13. The van der Waals surface area contributed by atoms with E-state index in [9.17, 15) is 0 Å². The lowest BCUT2D eigenvalue weighted by Crippen LogP contribution is -2.38. The summed E-state index contributed by atoms with van der Waals surface area (Å²) in [5.41, 5.74) is 0. The SMILES string of the molecule is COCCCNCCN1CCSCC1. The zero-order valence-corrected chi connectivity index (χ0v) is 9.94. The predicted molar refractivity (Wildman–Crippen MR) is 63.1 cm³/mol. The quantitative estimate of drug-likeness (QED) is 0.635. The molecule has 1 saturated heterocycles. The maximum absolute atomic E-state index is 4.99. The first kappa shape index (κ1) is 12.3. The van der Waals surface area contributed by atoms with Gasteiger partial charge in [0.2, 0.25) is 0 Å². The van der Waals surface area contributed by atoms with Crippen molar-refractivity contribution in [3.05, 3.63) is 0 Å². The van der Waals surface area contributed by atoms with Gasteiger partial charge in [-0.25, -0.2) is 0 Å². The van der Waals surface area contributed by atoms with Crippen molar-refractivity contribution in [2.24, 2.45) is 0 Å². The normalized spacial score (nSPS) is 18.6. The number of hydrogen-bond donors (Lipinski definition) is 1. The van der Waals surface area contributed by atoms with Crippen molar-refractivity contribution >= 4 is 11.8 Å². The molecule has 0 saturated carbocycles. The van der Waals surface area contributed by atoms with E-state index in [1.165, 1.54) is 31.1 Å². The molecule has 0 amide bonds. The van der Waals surface area contributed by atoms with Gasteiger partial charge in [0.1, 0.15) is 0 Å². The van der Waals surface area contributed by atoms with E-state index >= 15 is 0 Å². The molecule has 0 aromatic rings. The lowest BCUT2D eigenvalue weighted by Gasteiger charge is -2.26. The predicted octanol–water partition coefficient (Wildman–Crippen LogP) is 0.661. The summed E-state index contributed by atoms with van der Waals surface area (Å²) in [6.07, 6.45) is 1.12. The van der Waals surface area contributed by atoms with Crippen LogP contribution in [0.1, 0.15) is 6.42 Å². The highest BCUT2D eigenvalue weighted by Gasteiger charge is 2.08. The molecule has 4 heteroatoms. The van der Waals surface area contributed by atoms with Gasteiger partial charge >= 0.3 is 0 Å². The van der Waals surface area contributed by atoms with Crippen LogP contribution < -0.4 is 5.32 Å². The third kappa shape index (κ3) is 5.86. The van der Waals surface area contributed by atoms with Gasteiger partial charge in [-0.2, -0.15) is 11.8 Å². The number of hydrogen-bond acceptors (Lipinski definition) is 4. The van der Waals surface area contributed by atoms with Crippen LogP contribution in [-0.4, -0.2) is 62.8 Å². The molecule has 1 fully saturated rings. The molecule has 0 bridgehead atoms. The van der Waals surface area contributed by atoms with E-state index in [4.69, 9.17) is 4.74 Å². The van der Waals surface area contributed by atoms with Crippen molar-refractivity contribution in [3.8, 4) is 0 Å². The van der Waals surface area contributed by atoms with Crippen molar-refractivity contribution in [1.29, 1.82) is 0 Å². The molecule has 1 rings (SSSR count). The maximum atomic E-state index is 4.99. The molecule has 0 atom stereocenters. The number of ether oxygens (including phenoxy) is 1. The van der Waals surface area contributed by atoms with Crippen LogP contribution in [0.25, 0.3) is 0 Å². The highest BCUT2D eigenvalue weighted by atomic mass is 32.2. The van der Waals surface area contributed by atoms with Gasteiger partial charge in [0.25, 0.3) is 0 Å². The summed E-state index contributed by atoms with van der Waals surface area (Å²) in [6, 6.07) is 0. The summed E-state index contributed by atoms with van der Waals surface area (Å²) in [6.45, 7) is 6.81. The second-order valence-electron chi connectivity index (χ2n) is 3.55. The van der Waals surface area contributed by atoms with Crippen molar-refractivity contribution in [2.45, 2.75) is 6.42 Å². The molecule has 0 unspecified atom stereocenters. The Balaban J connectivity index is 1.82. The number of rotatable bonds is 7. The minimum atomic E-state index is 0.868. The molecule has 14 heavy (non-hydrogen) atoms. The molecular weight excluding hydrogens is 196 g/mol. The maximum Gasteiger partial charge on any atom is 0.0474 e. The van der Waals surface area contributed by atoms with E-state index in [2.05, 4.69) is 22.0 Å². The number of methoxy groups -OCH3 is 1. The Morgan fingerprint density at radius 2 is 2.07 bits per heavy atom. The molecule has 3 nitrogen and oxygen atoms in total. The summed E-state index contributed by atoms with van der Waals surface area (Å²) in [5, 5.41) is 3.44. The molecule has 0 aliphatic carbocycles. The Labute approximate surface area is 91.6 Å². The third-order valence-electron chi connectivity index (χ3n) is 2.41. The van der Waals surface area contributed by atoms with Crippen LogP contribution in [0.5, 0.6) is 0 Å². The molecule has 0 aromatic heterocycles. The lowest BCUT2D eigenvalue weighted by atomic mass is 10.4. The van der Waals surface area contributed by atoms with Crippen molar-refractivity contribution < 1.29 is 4.74 Å². The molecule has 1 heterocycles. The van der Waals surface area contributed by atoms with E-state index in [-0.39, 0.29) is 0 Å². The topological polar surface area (TPSA) is 24.5 Å². The Morgan fingerprint density at radius 3 is 2.79 bits per heavy atom. The first-order valence-corrected chi connectivity index (χ1v) is 6.58. The van der Waals surface area contributed by atoms with Crippen molar-refractivity contribution in [2.75, 3.05) is 57.9 Å². The largest absolute Gasteiger partial charge is 0.385 e. The molecular formula is C10H22N2OS. The smallest absolute Gasteiger partial charge is 0.0474 e. The van der Waals surface area contributed by atoms with Gasteiger partial charge in [0.15, 0.2) is 0 Å². The summed E-state index contributed by atoms with van der Waals surface area (Å²) in [5.74, 6) is 2.62. The summed E-state index contributed by atoms with van der Waals surface area (Å²) in [4.78, 5) is 2.54. The van der Waals surface area contributed by atoms with Crippen LogP contribution in [0.4, 0.5) is 0 Å². The Hall–Kier alpha value is 0.230. The minimum absolute atomic E-state index is 0.868. The number of nitrogens with zero attached hydrogens (tertiary/aromatic N) is 1. The van der Waals surface area contributed by atoms with E-state index < -0.39 is 0 Å². The standard InChI is InChI=1S/C10H22N2OS/c1-13-8-2-3-11-4-5-12-6-9-14-10-7-12/h11H,2-10H2,1H3. The minimum Gasteiger partial charge on any atom is -0.385 e. The van der Waals surface area contributed by atoms with Gasteiger partial charge in [-0.05, 0) is 13.0 Å². The number of nitrogens with one attached hydrogen (secondary N) is 1. The molecule has 0 radical (unpaired) electrons. The summed E-state index contributed by atoms with van der Waals surface area (Å²) >= 11 is 2.07. The lowest BCUT2D eigenvalue weighted by molar-refractivity contribution is 0.193. The van der Waals surface area contributed by atoms with Crippen LogP contribution in [0, 0.1) is 0 Å². The molecule has 0 spiro atoms. The van der Waals surface area contributed by atoms with Crippen molar-refractivity contribution in [3.63, 3.8) is 0 Å². The van der Waals surface area contributed by atoms with Crippen LogP contribution in [0.2, 0.25) is 0 Å². The fraction of sp³-hybridized carbons (Fsp3) is 1.00. The van der Waals surface area contributed by atoms with Gasteiger partial charge in [-0.15, -0.1) is 0 Å². The van der Waals surface area contributed by atoms with Gasteiger partial charge in [0.05, 0.1) is 0 Å². The average molecular weight is 218 g/mol. The third-order valence-corrected chi connectivity index (χ3v) is 3.35. The highest BCUT2D eigenvalue weighted by Crippen LogP contribution is 2.07. The van der Waals surface area contributed by atoms with Crippen LogP contribution in [-0.2, 0) is 4.74 Å². The Bertz CT molecular complexity index is 129. The molecule has 1 aliphatic heterocycles. The van der Waals surface area contributed by atoms with Crippen LogP contribution in [0.15, 0.2) is 0 Å². The second kappa shape index (κ2) is 8.53. The highest BCUT2D eigenvalue weighted by molar-refractivity contribution is 7.99. The van der Waals surface area contributed by atoms with Gasteiger partial charge < -0.3 is 15.0 Å². The Kier molecular flexibility index (Phi) is 7.50. The van der Waals surface area contributed by atoms with Gasteiger partial charge in [0, 0.05) is 51.4 Å². The van der Waals surface area contributed by atoms with E-state index in [0.717, 1.165) is 26.1 Å². The van der Waals surface area contributed by atoms with E-state index in [1.54, 1.807) is 7.11 Å². The van der Waals surface area contributed by atoms with Gasteiger partial charge in [-0.1, -0.05) is 0 Å². The number of thioether (sulfide) groups is 1. The average Bonchev–Trinajstić information content (AvgIpc) is 2.25. The molecule has 84 valence electrons. The fourth-order valence-corrected chi connectivity index (χ4v) is 2.51. The van der Waals surface area contributed by atoms with Crippen LogP contribution in [0.3, 0.4) is 0 Å². The molecule has 1 aliphatic rings. The first-order valence-electron chi connectivity index (χ1n) is 5.43. The Morgan fingerprint density at radius 1 is 1.29 bits per heavy atom. The first-order chi connectivity index (χ1) is 6.93. The van der Waals surface area contributed by atoms with E-state index in [1.807, 2.05) is 0 Å². The second-order valence-corrected chi connectivity index (χ2v) is 4.78. The van der Waals surface area contributed by atoms with Gasteiger partial charge in [-0.3, -0.25) is 0 Å². The fourth-order valence-electron chi connectivity index (χ4n) is 1.53. The summed E-state index contributed by atoms with van der Waals surface area (Å²) in [7, 11) is 1.76.